The molecule has 1 aromatic carbocycles. The average Bonchev–Trinajstić information content (AvgIpc) is 3.38. The fraction of sp³-hybridized carbons (Fsp3) is 0.583. The van der Waals surface area contributed by atoms with E-state index < -0.39 is 11.7 Å². The zero-order valence-corrected chi connectivity index (χ0v) is 19.0. The lowest BCUT2D eigenvalue weighted by Crippen LogP contribution is -2.45. The second-order valence-corrected chi connectivity index (χ2v) is 9.66. The van der Waals surface area contributed by atoms with Crippen LogP contribution in [0.2, 0.25) is 0 Å². The summed E-state index contributed by atoms with van der Waals surface area (Å²) in [6.45, 7) is 7.97. The number of nitriles is 1. The molecule has 4 rings (SSSR count). The number of likely N-dealkylation sites (tertiary alicyclic amines) is 1. The Kier molecular flexibility index (Phi) is 6.43. The van der Waals surface area contributed by atoms with Gasteiger partial charge in [0.05, 0.1) is 23.4 Å². The lowest BCUT2D eigenvalue weighted by Gasteiger charge is -2.43. The minimum atomic E-state index is -4.56. The Labute approximate surface area is 192 Å². The molecular formula is C24H30F3N5O. The molecule has 6 nitrogen and oxygen atoms in total. The maximum atomic E-state index is 13.4. The second kappa shape index (κ2) is 8.99. The van der Waals surface area contributed by atoms with Gasteiger partial charge in [0.25, 0.3) is 0 Å². The topological polar surface area (TPSA) is 68.3 Å². The SMILES string of the molecule is CC(C)n1cc(CN2CC(CO)C3(CCN(c4ccc(C#N)c(C(F)(F)F)c4)CC3)C2)cn1. The van der Waals surface area contributed by atoms with Crippen molar-refractivity contribution < 1.29 is 18.3 Å². The smallest absolute Gasteiger partial charge is 0.396 e. The number of hydrogen-bond acceptors (Lipinski definition) is 5. The largest absolute Gasteiger partial charge is 0.417 e. The first-order chi connectivity index (χ1) is 15.6. The van der Waals surface area contributed by atoms with Crippen LogP contribution in [0.1, 0.15) is 49.4 Å². The standard InChI is InChI=1S/C24H30F3N5O/c1-17(2)32-13-18(11-29-32)12-30-14-20(15-33)23(16-30)5-7-31(8-6-23)21-4-3-19(10-28)22(9-21)24(25,26)27/h3-4,9,11,13,17,20,33H,5-8,12,14-16H2,1-2H3. The van der Waals surface area contributed by atoms with Crippen LogP contribution in [0.3, 0.4) is 0 Å². The van der Waals surface area contributed by atoms with Crippen LogP contribution in [0.5, 0.6) is 0 Å². The molecule has 1 unspecified atom stereocenters. The van der Waals surface area contributed by atoms with Crippen LogP contribution in [0, 0.1) is 22.7 Å². The minimum Gasteiger partial charge on any atom is -0.396 e. The van der Waals surface area contributed by atoms with Crippen LogP contribution in [0.25, 0.3) is 0 Å². The van der Waals surface area contributed by atoms with Gasteiger partial charge < -0.3 is 10.0 Å². The summed E-state index contributed by atoms with van der Waals surface area (Å²) >= 11 is 0. The summed E-state index contributed by atoms with van der Waals surface area (Å²) in [6.07, 6.45) is 1.01. The monoisotopic (exact) mass is 461 g/mol. The first-order valence-corrected chi connectivity index (χ1v) is 11.4. The van der Waals surface area contributed by atoms with Crippen molar-refractivity contribution in [2.24, 2.45) is 11.3 Å². The molecule has 0 aliphatic carbocycles. The van der Waals surface area contributed by atoms with E-state index in [0.717, 1.165) is 44.1 Å². The van der Waals surface area contributed by atoms with Gasteiger partial charge in [-0.1, -0.05) is 0 Å². The molecule has 9 heteroatoms. The molecule has 1 atom stereocenters. The van der Waals surface area contributed by atoms with Crippen molar-refractivity contribution in [2.45, 2.75) is 45.5 Å². The van der Waals surface area contributed by atoms with Crippen molar-refractivity contribution in [2.75, 3.05) is 37.7 Å². The summed E-state index contributed by atoms with van der Waals surface area (Å²) in [5.41, 5.74) is 0.357. The van der Waals surface area contributed by atoms with E-state index in [0.29, 0.717) is 24.8 Å². The first kappa shape index (κ1) is 23.6. The van der Waals surface area contributed by atoms with Gasteiger partial charge >= 0.3 is 6.18 Å². The normalized spacial score (nSPS) is 21.2. The molecule has 2 saturated heterocycles. The van der Waals surface area contributed by atoms with Gasteiger partial charge in [0, 0.05) is 68.7 Å². The highest BCUT2D eigenvalue weighted by Crippen LogP contribution is 2.46. The van der Waals surface area contributed by atoms with Crippen LogP contribution < -0.4 is 4.90 Å². The Hall–Kier alpha value is -2.57. The highest BCUT2D eigenvalue weighted by atomic mass is 19.4. The van der Waals surface area contributed by atoms with E-state index >= 15 is 0 Å². The van der Waals surface area contributed by atoms with Gasteiger partial charge in [-0.3, -0.25) is 9.58 Å². The summed E-state index contributed by atoms with van der Waals surface area (Å²) in [7, 11) is 0. The molecule has 0 saturated carbocycles. The number of nitrogens with zero attached hydrogens (tertiary/aromatic N) is 5. The molecular weight excluding hydrogens is 431 g/mol. The van der Waals surface area contributed by atoms with Crippen molar-refractivity contribution in [1.82, 2.24) is 14.7 Å². The second-order valence-electron chi connectivity index (χ2n) is 9.66. The van der Waals surface area contributed by atoms with Gasteiger partial charge in [-0.25, -0.2) is 0 Å². The van der Waals surface area contributed by atoms with Crippen molar-refractivity contribution in [3.8, 4) is 6.07 Å². The molecule has 1 N–H and O–H groups in total. The number of aliphatic hydroxyl groups is 1. The van der Waals surface area contributed by atoms with Crippen molar-refractivity contribution in [1.29, 1.82) is 5.26 Å². The molecule has 33 heavy (non-hydrogen) atoms. The summed E-state index contributed by atoms with van der Waals surface area (Å²) in [5, 5.41) is 23.6. The molecule has 0 bridgehead atoms. The summed E-state index contributed by atoms with van der Waals surface area (Å²) in [6, 6.07) is 5.89. The van der Waals surface area contributed by atoms with Gasteiger partial charge in [0.1, 0.15) is 0 Å². The van der Waals surface area contributed by atoms with Gasteiger partial charge in [-0.2, -0.15) is 23.5 Å². The Morgan fingerprint density at radius 1 is 1.27 bits per heavy atom. The summed E-state index contributed by atoms with van der Waals surface area (Å²) in [4.78, 5) is 4.33. The Bertz CT molecular complexity index is 1020. The molecule has 1 aromatic heterocycles. The predicted octanol–water partition coefficient (Wildman–Crippen LogP) is 4.07. The molecule has 2 aliphatic heterocycles. The number of rotatable bonds is 5. The van der Waals surface area contributed by atoms with Gasteiger partial charge in [0.2, 0.25) is 0 Å². The quantitative estimate of drug-likeness (QED) is 0.727. The third kappa shape index (κ3) is 4.73. The van der Waals surface area contributed by atoms with Crippen LogP contribution in [-0.2, 0) is 12.7 Å². The molecule has 0 amide bonds. The molecule has 178 valence electrons. The average molecular weight is 462 g/mol. The molecule has 1 spiro atoms. The van der Waals surface area contributed by atoms with Crippen molar-refractivity contribution in [3.63, 3.8) is 0 Å². The van der Waals surface area contributed by atoms with Crippen molar-refractivity contribution >= 4 is 5.69 Å². The maximum absolute atomic E-state index is 13.4. The Balaban J connectivity index is 1.45. The minimum absolute atomic E-state index is 0.0429. The summed E-state index contributed by atoms with van der Waals surface area (Å²) in [5.74, 6) is 0.145. The Morgan fingerprint density at radius 2 is 2.00 bits per heavy atom. The van der Waals surface area contributed by atoms with Gasteiger partial charge in [-0.05, 0) is 50.3 Å². The number of alkyl halides is 3. The fourth-order valence-corrected chi connectivity index (χ4v) is 5.35. The van der Waals surface area contributed by atoms with E-state index in [1.165, 1.54) is 6.07 Å². The molecule has 2 aliphatic rings. The predicted molar refractivity (Wildman–Crippen MR) is 119 cm³/mol. The Morgan fingerprint density at radius 3 is 2.58 bits per heavy atom. The molecule has 3 heterocycles. The third-order valence-electron chi connectivity index (χ3n) is 7.25. The van der Waals surface area contributed by atoms with Crippen LogP contribution in [0.15, 0.2) is 30.6 Å². The van der Waals surface area contributed by atoms with E-state index in [4.69, 9.17) is 5.26 Å². The molecule has 2 aromatic rings. The van der Waals surface area contributed by atoms with Crippen LogP contribution >= 0.6 is 0 Å². The zero-order valence-electron chi connectivity index (χ0n) is 19.0. The summed E-state index contributed by atoms with van der Waals surface area (Å²) < 4.78 is 42.1. The van der Waals surface area contributed by atoms with Gasteiger partial charge in [0.15, 0.2) is 0 Å². The molecule has 2 fully saturated rings. The maximum Gasteiger partial charge on any atom is 0.417 e. The lowest BCUT2D eigenvalue weighted by molar-refractivity contribution is -0.137. The van der Waals surface area contributed by atoms with Crippen LogP contribution in [-0.4, -0.2) is 52.6 Å². The number of aliphatic hydroxyl groups excluding tert-OH is 1. The van der Waals surface area contributed by atoms with E-state index in [1.807, 2.05) is 15.8 Å². The first-order valence-electron chi connectivity index (χ1n) is 11.4. The van der Waals surface area contributed by atoms with Gasteiger partial charge in [-0.15, -0.1) is 0 Å². The number of aromatic nitrogens is 2. The van der Waals surface area contributed by atoms with E-state index in [1.54, 1.807) is 12.1 Å². The van der Waals surface area contributed by atoms with Crippen LogP contribution in [0.4, 0.5) is 18.9 Å². The number of anilines is 1. The number of piperidine rings is 1. The number of halogens is 3. The zero-order chi connectivity index (χ0) is 23.8. The highest BCUT2D eigenvalue weighted by molar-refractivity contribution is 5.55. The number of hydrogen-bond donors (Lipinski definition) is 1. The van der Waals surface area contributed by atoms with E-state index in [9.17, 15) is 18.3 Å². The highest BCUT2D eigenvalue weighted by Gasteiger charge is 2.47. The third-order valence-corrected chi connectivity index (χ3v) is 7.25. The molecule has 0 radical (unpaired) electrons. The van der Waals surface area contributed by atoms with Crippen molar-refractivity contribution in [3.05, 3.63) is 47.3 Å². The lowest BCUT2D eigenvalue weighted by atomic mass is 9.71. The van der Waals surface area contributed by atoms with E-state index in [2.05, 4.69) is 30.0 Å². The fourth-order valence-electron chi connectivity index (χ4n) is 5.35. The van der Waals surface area contributed by atoms with E-state index in [-0.39, 0.29) is 23.5 Å². The number of benzene rings is 1.